The van der Waals surface area contributed by atoms with Gasteiger partial charge in [0.05, 0.1) is 11.6 Å². The molecule has 2 N–H and O–H groups in total. The molecule has 4 nitrogen and oxygen atoms in total. The van der Waals surface area contributed by atoms with Gasteiger partial charge in [0, 0.05) is 24.3 Å². The van der Waals surface area contributed by atoms with Gasteiger partial charge in [-0.05, 0) is 69.4 Å². The van der Waals surface area contributed by atoms with Crippen LogP contribution in [0.15, 0.2) is 18.2 Å². The molecule has 1 aliphatic heterocycles. The van der Waals surface area contributed by atoms with Gasteiger partial charge in [-0.3, -0.25) is 9.80 Å². The zero-order valence-corrected chi connectivity index (χ0v) is 16.9. The number of nitrogens with two attached hydrogens (primary N) is 1. The van der Waals surface area contributed by atoms with Crippen LogP contribution in [0, 0.1) is 11.3 Å². The first-order valence-corrected chi connectivity index (χ1v) is 10.4. The summed E-state index contributed by atoms with van der Waals surface area (Å²) in [5.74, 6) is 0. The molecule has 0 radical (unpaired) electrons. The maximum atomic E-state index is 8.98. The highest BCUT2D eigenvalue weighted by atomic mass is 15.2. The van der Waals surface area contributed by atoms with E-state index in [9.17, 15) is 0 Å². The Morgan fingerprint density at radius 3 is 2.46 bits per heavy atom. The lowest BCUT2D eigenvalue weighted by atomic mass is 9.98. The molecule has 0 amide bonds. The number of benzene rings is 1. The third-order valence-electron chi connectivity index (χ3n) is 5.88. The Morgan fingerprint density at radius 2 is 1.92 bits per heavy atom. The van der Waals surface area contributed by atoms with Gasteiger partial charge >= 0.3 is 0 Å². The maximum absolute atomic E-state index is 8.98. The predicted molar refractivity (Wildman–Crippen MR) is 110 cm³/mol. The van der Waals surface area contributed by atoms with Crippen molar-refractivity contribution in [3.05, 3.63) is 29.3 Å². The van der Waals surface area contributed by atoms with E-state index >= 15 is 0 Å². The summed E-state index contributed by atoms with van der Waals surface area (Å²) < 4.78 is 0. The number of nitrogens with zero attached hydrogens (tertiary/aromatic N) is 3. The van der Waals surface area contributed by atoms with Crippen molar-refractivity contribution < 1.29 is 0 Å². The predicted octanol–water partition coefficient (Wildman–Crippen LogP) is 4.40. The first-order valence-electron chi connectivity index (χ1n) is 10.4. The fraction of sp³-hybridized carbons (Fsp3) is 0.682. The Kier molecular flexibility index (Phi) is 8.41. The van der Waals surface area contributed by atoms with Gasteiger partial charge in [0.1, 0.15) is 0 Å². The highest BCUT2D eigenvalue weighted by Crippen LogP contribution is 2.24. The summed E-state index contributed by atoms with van der Waals surface area (Å²) in [5.41, 5.74) is 8.66. The summed E-state index contributed by atoms with van der Waals surface area (Å²) in [7, 11) is 0. The molecular formula is C22H36N4. The van der Waals surface area contributed by atoms with E-state index in [1.807, 2.05) is 12.1 Å². The summed E-state index contributed by atoms with van der Waals surface area (Å²) in [6.07, 6.45) is 7.57. The monoisotopic (exact) mass is 356 g/mol. The normalized spacial score (nSPS) is 16.3. The minimum atomic E-state index is 0.640. The number of hydrogen-bond acceptors (Lipinski definition) is 4. The summed E-state index contributed by atoms with van der Waals surface area (Å²) in [5, 5.41) is 8.98. The van der Waals surface area contributed by atoms with E-state index in [-0.39, 0.29) is 0 Å². The molecule has 0 spiro atoms. The van der Waals surface area contributed by atoms with E-state index in [1.165, 1.54) is 45.1 Å². The Morgan fingerprint density at radius 1 is 1.23 bits per heavy atom. The van der Waals surface area contributed by atoms with Gasteiger partial charge in [-0.25, -0.2) is 0 Å². The van der Waals surface area contributed by atoms with Crippen molar-refractivity contribution in [2.24, 2.45) is 0 Å². The third-order valence-corrected chi connectivity index (χ3v) is 5.88. The van der Waals surface area contributed by atoms with Crippen molar-refractivity contribution in [2.75, 3.05) is 25.4 Å². The smallest absolute Gasteiger partial charge is 0.0992 e. The fourth-order valence-electron chi connectivity index (χ4n) is 4.22. The fourth-order valence-corrected chi connectivity index (χ4v) is 4.22. The molecule has 144 valence electrons. The Hall–Kier alpha value is -1.57. The number of anilines is 1. The second-order valence-corrected chi connectivity index (χ2v) is 7.59. The molecule has 1 aromatic rings. The highest BCUT2D eigenvalue weighted by molar-refractivity contribution is 5.52. The molecule has 4 heteroatoms. The van der Waals surface area contributed by atoms with E-state index in [0.29, 0.717) is 5.56 Å². The third kappa shape index (κ3) is 5.46. The molecule has 0 unspecified atom stereocenters. The largest absolute Gasteiger partial charge is 0.398 e. The SMILES string of the molecule is CCCCN(C(CC)CC)C1CCN(Cc2ccc(C#N)cc2N)CC1. The van der Waals surface area contributed by atoms with E-state index in [2.05, 4.69) is 36.6 Å². The van der Waals surface area contributed by atoms with E-state index in [1.54, 1.807) is 6.07 Å². The number of likely N-dealkylation sites (tertiary alicyclic amines) is 1. The van der Waals surface area contributed by atoms with Crippen LogP contribution in [0.25, 0.3) is 0 Å². The summed E-state index contributed by atoms with van der Waals surface area (Å²) in [4.78, 5) is 5.32. The second kappa shape index (κ2) is 10.5. The van der Waals surface area contributed by atoms with Crippen molar-refractivity contribution in [3.63, 3.8) is 0 Å². The molecule has 2 rings (SSSR count). The number of piperidine rings is 1. The minimum Gasteiger partial charge on any atom is -0.398 e. The molecule has 1 aromatic carbocycles. The van der Waals surface area contributed by atoms with Crippen LogP contribution < -0.4 is 5.73 Å². The van der Waals surface area contributed by atoms with Crippen molar-refractivity contribution in [2.45, 2.75) is 77.9 Å². The van der Waals surface area contributed by atoms with Crippen LogP contribution in [0.3, 0.4) is 0 Å². The molecule has 0 aromatic heterocycles. The zero-order valence-electron chi connectivity index (χ0n) is 16.9. The average Bonchev–Trinajstić information content (AvgIpc) is 2.67. The summed E-state index contributed by atoms with van der Waals surface area (Å²) >= 11 is 0. The van der Waals surface area contributed by atoms with Crippen LogP contribution in [0.2, 0.25) is 0 Å². The molecule has 0 saturated carbocycles. The van der Waals surface area contributed by atoms with Crippen LogP contribution in [0.1, 0.15) is 70.4 Å². The Balaban J connectivity index is 1.93. The van der Waals surface area contributed by atoms with Gasteiger partial charge in [-0.2, -0.15) is 5.26 Å². The van der Waals surface area contributed by atoms with Gasteiger partial charge in [0.15, 0.2) is 0 Å². The van der Waals surface area contributed by atoms with E-state index < -0.39 is 0 Å². The van der Waals surface area contributed by atoms with Crippen LogP contribution in [-0.2, 0) is 6.54 Å². The second-order valence-electron chi connectivity index (χ2n) is 7.59. The molecule has 1 fully saturated rings. The molecular weight excluding hydrogens is 320 g/mol. The lowest BCUT2D eigenvalue weighted by Crippen LogP contribution is -2.49. The molecule has 0 atom stereocenters. The first kappa shape index (κ1) is 20.7. The quantitative estimate of drug-likeness (QED) is 0.667. The van der Waals surface area contributed by atoms with Crippen molar-refractivity contribution in [1.29, 1.82) is 5.26 Å². The summed E-state index contributed by atoms with van der Waals surface area (Å²) in [6, 6.07) is 9.29. The van der Waals surface area contributed by atoms with Crippen LogP contribution in [0.4, 0.5) is 5.69 Å². The lowest BCUT2D eigenvalue weighted by molar-refractivity contribution is 0.0658. The Bertz CT molecular complexity index is 580. The topological polar surface area (TPSA) is 56.3 Å². The molecule has 1 aliphatic rings. The number of rotatable bonds is 9. The van der Waals surface area contributed by atoms with Crippen molar-refractivity contribution >= 4 is 5.69 Å². The van der Waals surface area contributed by atoms with Crippen LogP contribution >= 0.6 is 0 Å². The molecule has 1 saturated heterocycles. The molecule has 0 bridgehead atoms. The van der Waals surface area contributed by atoms with E-state index in [4.69, 9.17) is 11.0 Å². The molecule has 1 heterocycles. The Labute approximate surface area is 160 Å². The first-order chi connectivity index (χ1) is 12.6. The minimum absolute atomic E-state index is 0.640. The molecule has 26 heavy (non-hydrogen) atoms. The number of unbranched alkanes of at least 4 members (excludes halogenated alkanes) is 1. The van der Waals surface area contributed by atoms with Gasteiger partial charge in [0.2, 0.25) is 0 Å². The maximum Gasteiger partial charge on any atom is 0.0992 e. The zero-order chi connectivity index (χ0) is 18.9. The van der Waals surface area contributed by atoms with Crippen molar-refractivity contribution in [3.8, 4) is 6.07 Å². The number of nitrogen functional groups attached to an aromatic ring is 1. The highest BCUT2D eigenvalue weighted by Gasteiger charge is 2.28. The summed E-state index contributed by atoms with van der Waals surface area (Å²) in [6.45, 7) is 11.3. The lowest BCUT2D eigenvalue weighted by Gasteiger charge is -2.42. The van der Waals surface area contributed by atoms with Gasteiger partial charge in [0.25, 0.3) is 0 Å². The molecule has 0 aliphatic carbocycles. The van der Waals surface area contributed by atoms with Gasteiger partial charge < -0.3 is 5.73 Å². The number of hydrogen-bond donors (Lipinski definition) is 1. The van der Waals surface area contributed by atoms with Crippen LogP contribution in [-0.4, -0.2) is 41.5 Å². The van der Waals surface area contributed by atoms with E-state index in [0.717, 1.165) is 43.0 Å². The van der Waals surface area contributed by atoms with Crippen molar-refractivity contribution in [1.82, 2.24) is 9.80 Å². The average molecular weight is 357 g/mol. The van der Waals surface area contributed by atoms with Crippen LogP contribution in [0.5, 0.6) is 0 Å². The number of nitriles is 1. The van der Waals surface area contributed by atoms with Gasteiger partial charge in [-0.15, -0.1) is 0 Å². The standard InChI is InChI=1S/C22H36N4/c1-4-7-12-26(20(5-2)6-3)21-10-13-25(14-11-21)17-19-9-8-18(16-23)15-22(19)24/h8-9,15,20-21H,4-7,10-14,17,24H2,1-3H3. The van der Waals surface area contributed by atoms with Gasteiger partial charge in [-0.1, -0.05) is 33.3 Å².